The summed E-state index contributed by atoms with van der Waals surface area (Å²) in [4.78, 5) is 25.8. The third-order valence-corrected chi connectivity index (χ3v) is 6.84. The molecule has 0 bridgehead atoms. The molecular formula is C19H18N2O5S. The van der Waals surface area contributed by atoms with Gasteiger partial charge < -0.3 is 9.64 Å². The van der Waals surface area contributed by atoms with E-state index in [4.69, 9.17) is 4.74 Å². The summed E-state index contributed by atoms with van der Waals surface area (Å²) in [5, 5.41) is 0. The summed E-state index contributed by atoms with van der Waals surface area (Å²) in [6, 6.07) is 9.49. The molecule has 0 fully saturated rings. The molecule has 7 nitrogen and oxygen atoms in total. The van der Waals surface area contributed by atoms with Crippen molar-refractivity contribution in [2.24, 2.45) is 0 Å². The number of anilines is 2. The number of nitrogens with zero attached hydrogens (tertiary/aromatic N) is 2. The predicted molar refractivity (Wildman–Crippen MR) is 100 cm³/mol. The van der Waals surface area contributed by atoms with E-state index in [1.807, 2.05) is 0 Å². The lowest BCUT2D eigenvalue weighted by Gasteiger charge is -2.30. The number of sulfonamides is 1. The minimum Gasteiger partial charge on any atom is -0.497 e. The minimum atomic E-state index is -3.86. The summed E-state index contributed by atoms with van der Waals surface area (Å²) in [6.45, 7) is 0.0798. The van der Waals surface area contributed by atoms with Crippen LogP contribution in [-0.4, -0.2) is 40.8 Å². The number of methoxy groups -OCH3 is 1. The molecule has 0 atom stereocenters. The third-order valence-electron chi connectivity index (χ3n) is 5.03. The highest BCUT2D eigenvalue weighted by Gasteiger charge is 2.34. The lowest BCUT2D eigenvalue weighted by Crippen LogP contribution is -2.37. The number of carbonyl (C=O) groups is 2. The Morgan fingerprint density at radius 3 is 2.52 bits per heavy atom. The van der Waals surface area contributed by atoms with Gasteiger partial charge in [0.15, 0.2) is 5.78 Å². The Labute approximate surface area is 157 Å². The number of fused-ring (bicyclic) bond motifs is 2. The van der Waals surface area contributed by atoms with Gasteiger partial charge in [-0.15, -0.1) is 0 Å². The summed E-state index contributed by atoms with van der Waals surface area (Å²) in [5.41, 5.74) is 2.09. The van der Waals surface area contributed by atoms with E-state index in [9.17, 15) is 18.0 Å². The number of ether oxygens (including phenoxy) is 1. The van der Waals surface area contributed by atoms with Crippen LogP contribution in [0.15, 0.2) is 41.3 Å². The standard InChI is InChI=1S/C19H18N2O5S/c1-20-16-6-4-14(9-12(16)10-19(20)23)27(24,25)21-8-7-18(22)15-11-13(26-2)3-5-17(15)21/h3-6,9,11H,7-8,10H2,1-2H3. The van der Waals surface area contributed by atoms with Gasteiger partial charge in [0.2, 0.25) is 5.91 Å². The first-order valence-electron chi connectivity index (χ1n) is 8.46. The van der Waals surface area contributed by atoms with Crippen molar-refractivity contribution in [2.45, 2.75) is 17.7 Å². The SMILES string of the molecule is COc1ccc2c(c1)C(=O)CCN2S(=O)(=O)c1ccc2c(c1)CC(=O)N2C. The van der Waals surface area contributed by atoms with E-state index in [1.165, 1.54) is 22.4 Å². The summed E-state index contributed by atoms with van der Waals surface area (Å²) >= 11 is 0. The highest BCUT2D eigenvalue weighted by Crippen LogP contribution is 2.36. The Bertz CT molecular complexity index is 1080. The third kappa shape index (κ3) is 2.68. The van der Waals surface area contributed by atoms with Crippen LogP contribution in [0.1, 0.15) is 22.3 Å². The fraction of sp³-hybridized carbons (Fsp3) is 0.263. The van der Waals surface area contributed by atoms with Crippen molar-refractivity contribution in [1.82, 2.24) is 0 Å². The molecule has 2 aliphatic rings. The van der Waals surface area contributed by atoms with E-state index in [0.717, 1.165) is 5.69 Å². The average molecular weight is 386 g/mol. The molecule has 0 radical (unpaired) electrons. The topological polar surface area (TPSA) is 84.0 Å². The Morgan fingerprint density at radius 2 is 1.78 bits per heavy atom. The van der Waals surface area contributed by atoms with E-state index in [1.54, 1.807) is 37.4 Å². The summed E-state index contributed by atoms with van der Waals surface area (Å²) in [5.74, 6) is 0.317. The molecule has 8 heteroatoms. The Morgan fingerprint density at radius 1 is 1.04 bits per heavy atom. The summed E-state index contributed by atoms with van der Waals surface area (Å²) < 4.78 is 32.9. The van der Waals surface area contributed by atoms with Crippen LogP contribution in [0.2, 0.25) is 0 Å². The molecule has 2 aromatic carbocycles. The number of likely N-dealkylation sites (N-methyl/N-ethyl adjacent to an activating group) is 1. The van der Waals surface area contributed by atoms with Gasteiger partial charge in [-0.1, -0.05) is 0 Å². The second-order valence-electron chi connectivity index (χ2n) is 6.55. The normalized spacial score (nSPS) is 16.4. The van der Waals surface area contributed by atoms with Gasteiger partial charge in [-0.3, -0.25) is 13.9 Å². The van der Waals surface area contributed by atoms with Crippen LogP contribution in [-0.2, 0) is 21.2 Å². The van der Waals surface area contributed by atoms with Crippen molar-refractivity contribution in [3.05, 3.63) is 47.5 Å². The van der Waals surface area contributed by atoms with Crippen LogP contribution in [0.3, 0.4) is 0 Å². The van der Waals surface area contributed by atoms with Crippen LogP contribution in [0.4, 0.5) is 11.4 Å². The first-order valence-corrected chi connectivity index (χ1v) is 9.90. The summed E-state index contributed by atoms with van der Waals surface area (Å²) in [7, 11) is -0.703. The van der Waals surface area contributed by atoms with Crippen molar-refractivity contribution >= 4 is 33.1 Å². The van der Waals surface area contributed by atoms with Crippen LogP contribution < -0.4 is 13.9 Å². The zero-order valence-corrected chi connectivity index (χ0v) is 15.7. The molecule has 2 aromatic rings. The second kappa shape index (κ2) is 6.09. The number of ketones is 1. The van der Waals surface area contributed by atoms with Crippen LogP contribution in [0.5, 0.6) is 5.75 Å². The number of hydrogen-bond donors (Lipinski definition) is 0. The van der Waals surface area contributed by atoms with E-state index >= 15 is 0 Å². The van der Waals surface area contributed by atoms with Gasteiger partial charge in [0.05, 0.1) is 24.1 Å². The van der Waals surface area contributed by atoms with Gasteiger partial charge in [-0.05, 0) is 42.0 Å². The predicted octanol–water partition coefficient (Wildman–Crippen LogP) is 2.00. The highest BCUT2D eigenvalue weighted by atomic mass is 32.2. The molecule has 4 rings (SSSR count). The van der Waals surface area contributed by atoms with E-state index < -0.39 is 10.0 Å². The van der Waals surface area contributed by atoms with Crippen LogP contribution in [0, 0.1) is 0 Å². The van der Waals surface area contributed by atoms with Gasteiger partial charge in [0.25, 0.3) is 10.0 Å². The Kier molecular flexibility index (Phi) is 3.96. The lowest BCUT2D eigenvalue weighted by molar-refractivity contribution is -0.117. The average Bonchev–Trinajstić information content (AvgIpc) is 2.95. The van der Waals surface area contributed by atoms with Crippen LogP contribution >= 0.6 is 0 Å². The zero-order chi connectivity index (χ0) is 19.3. The molecule has 1 amide bonds. The van der Waals surface area contributed by atoms with Gasteiger partial charge in [0.1, 0.15) is 5.75 Å². The van der Waals surface area contributed by atoms with Crippen molar-refractivity contribution in [3.8, 4) is 5.75 Å². The largest absolute Gasteiger partial charge is 0.497 e. The molecule has 0 saturated heterocycles. The minimum absolute atomic E-state index is 0.0689. The molecule has 0 unspecified atom stereocenters. The molecular weight excluding hydrogens is 368 g/mol. The van der Waals surface area contributed by atoms with Crippen molar-refractivity contribution in [1.29, 1.82) is 0 Å². The molecule has 2 heterocycles. The zero-order valence-electron chi connectivity index (χ0n) is 14.9. The highest BCUT2D eigenvalue weighted by molar-refractivity contribution is 7.92. The Hall–Kier alpha value is -2.87. The molecule has 2 aliphatic heterocycles. The van der Waals surface area contributed by atoms with E-state index in [0.29, 0.717) is 22.6 Å². The maximum atomic E-state index is 13.3. The molecule has 0 aromatic heterocycles. The number of benzene rings is 2. The second-order valence-corrected chi connectivity index (χ2v) is 8.42. The molecule has 0 aliphatic carbocycles. The van der Waals surface area contributed by atoms with Crippen LogP contribution in [0.25, 0.3) is 0 Å². The monoisotopic (exact) mass is 386 g/mol. The van der Waals surface area contributed by atoms with Crippen molar-refractivity contribution in [3.63, 3.8) is 0 Å². The summed E-state index contributed by atoms with van der Waals surface area (Å²) in [6.07, 6.45) is 0.285. The first-order chi connectivity index (χ1) is 12.8. The fourth-order valence-corrected chi connectivity index (χ4v) is 5.06. The van der Waals surface area contributed by atoms with E-state index in [-0.39, 0.29) is 36.0 Å². The Balaban J connectivity index is 1.78. The van der Waals surface area contributed by atoms with E-state index in [2.05, 4.69) is 0 Å². The number of hydrogen-bond acceptors (Lipinski definition) is 5. The maximum Gasteiger partial charge on any atom is 0.264 e. The van der Waals surface area contributed by atoms with Gasteiger partial charge >= 0.3 is 0 Å². The fourth-order valence-electron chi connectivity index (χ4n) is 3.53. The molecule has 0 saturated carbocycles. The molecule has 0 spiro atoms. The first kappa shape index (κ1) is 17.5. The molecule has 0 N–H and O–H groups in total. The quantitative estimate of drug-likeness (QED) is 0.806. The van der Waals surface area contributed by atoms with Crippen molar-refractivity contribution < 1.29 is 22.7 Å². The number of rotatable bonds is 3. The van der Waals surface area contributed by atoms with Gasteiger partial charge in [-0.2, -0.15) is 0 Å². The lowest BCUT2D eigenvalue weighted by atomic mass is 10.0. The van der Waals surface area contributed by atoms with Crippen molar-refractivity contribution in [2.75, 3.05) is 29.9 Å². The maximum absolute atomic E-state index is 13.3. The number of carbonyl (C=O) groups excluding carboxylic acids is 2. The molecule has 27 heavy (non-hydrogen) atoms. The number of Topliss-reactive ketones (excluding diaryl/α,β-unsaturated/α-hetero) is 1. The molecule has 140 valence electrons. The van der Waals surface area contributed by atoms with Gasteiger partial charge in [0, 0.05) is 31.3 Å². The number of amides is 1. The smallest absolute Gasteiger partial charge is 0.264 e. The van der Waals surface area contributed by atoms with Gasteiger partial charge in [-0.25, -0.2) is 8.42 Å².